The molecule has 0 aliphatic heterocycles. The Labute approximate surface area is 113 Å². The molecule has 1 aromatic heterocycles. The van der Waals surface area contributed by atoms with E-state index in [2.05, 4.69) is 4.98 Å². The third-order valence-electron chi connectivity index (χ3n) is 3.78. The fourth-order valence-corrected chi connectivity index (χ4v) is 2.74. The summed E-state index contributed by atoms with van der Waals surface area (Å²) < 4.78 is 0. The van der Waals surface area contributed by atoms with E-state index >= 15 is 0 Å². The summed E-state index contributed by atoms with van der Waals surface area (Å²) in [6.07, 6.45) is 11.3. The minimum Gasteiger partial charge on any atom is -0.289 e. The molecule has 0 saturated heterocycles. The number of rotatable bonds is 2. The Morgan fingerprint density at radius 1 is 1.11 bits per heavy atom. The first kappa shape index (κ1) is 12.1. The molecular weight excluding hydrogens is 234 g/mol. The van der Waals surface area contributed by atoms with Crippen LogP contribution in [-0.4, -0.2) is 10.8 Å². The number of hydrogen-bond acceptors (Lipinski definition) is 2. The summed E-state index contributed by atoms with van der Waals surface area (Å²) in [6.45, 7) is 0. The first-order chi connectivity index (χ1) is 9.34. The number of ketones is 1. The standard InChI is InChI=1S/C17H17NO/c19-17(11-13-5-2-1-3-6-13)15-8-4-7-14-9-10-18-12-16(14)15/h4,7-12H,1-3,5-6H2. The van der Waals surface area contributed by atoms with Crippen molar-refractivity contribution < 1.29 is 4.79 Å². The van der Waals surface area contributed by atoms with Crippen LogP contribution < -0.4 is 0 Å². The molecule has 0 amide bonds. The molecule has 1 heterocycles. The highest BCUT2D eigenvalue weighted by Crippen LogP contribution is 2.24. The van der Waals surface area contributed by atoms with Gasteiger partial charge in [0.2, 0.25) is 0 Å². The third kappa shape index (κ3) is 2.58. The minimum absolute atomic E-state index is 0.121. The number of fused-ring (bicyclic) bond motifs is 1. The van der Waals surface area contributed by atoms with Crippen molar-refractivity contribution in [3.05, 3.63) is 53.9 Å². The number of hydrogen-bond donors (Lipinski definition) is 0. The highest BCUT2D eigenvalue weighted by Gasteiger charge is 2.11. The second-order valence-corrected chi connectivity index (χ2v) is 5.13. The predicted octanol–water partition coefficient (Wildman–Crippen LogP) is 4.31. The first-order valence-electron chi connectivity index (χ1n) is 6.91. The quantitative estimate of drug-likeness (QED) is 0.588. The molecule has 3 rings (SSSR count). The average Bonchev–Trinajstić information content (AvgIpc) is 2.47. The summed E-state index contributed by atoms with van der Waals surface area (Å²) in [7, 11) is 0. The monoisotopic (exact) mass is 251 g/mol. The van der Waals surface area contributed by atoms with Gasteiger partial charge in [-0.3, -0.25) is 9.78 Å². The summed E-state index contributed by atoms with van der Waals surface area (Å²) in [4.78, 5) is 16.6. The molecule has 2 heteroatoms. The number of nitrogens with zero attached hydrogens (tertiary/aromatic N) is 1. The van der Waals surface area contributed by atoms with Gasteiger partial charge in [0, 0.05) is 23.3 Å². The van der Waals surface area contributed by atoms with Crippen molar-refractivity contribution in [2.75, 3.05) is 0 Å². The maximum Gasteiger partial charge on any atom is 0.186 e. The average molecular weight is 251 g/mol. The molecule has 1 aliphatic carbocycles. The molecule has 1 saturated carbocycles. The van der Waals surface area contributed by atoms with Gasteiger partial charge in [0.25, 0.3) is 0 Å². The van der Waals surface area contributed by atoms with Crippen LogP contribution in [-0.2, 0) is 0 Å². The van der Waals surface area contributed by atoms with E-state index in [9.17, 15) is 4.79 Å². The van der Waals surface area contributed by atoms with Gasteiger partial charge in [-0.1, -0.05) is 30.2 Å². The van der Waals surface area contributed by atoms with Gasteiger partial charge in [0.05, 0.1) is 0 Å². The molecule has 0 unspecified atom stereocenters. The van der Waals surface area contributed by atoms with E-state index in [1.165, 1.54) is 24.8 Å². The van der Waals surface area contributed by atoms with Crippen LogP contribution >= 0.6 is 0 Å². The fraction of sp³-hybridized carbons (Fsp3) is 0.294. The highest BCUT2D eigenvalue weighted by molar-refractivity contribution is 6.13. The van der Waals surface area contributed by atoms with Gasteiger partial charge in [-0.2, -0.15) is 0 Å². The molecule has 1 aromatic carbocycles. The Morgan fingerprint density at radius 2 is 1.95 bits per heavy atom. The van der Waals surface area contributed by atoms with Crippen molar-refractivity contribution in [3.63, 3.8) is 0 Å². The maximum absolute atomic E-state index is 12.4. The van der Waals surface area contributed by atoms with E-state index in [0.29, 0.717) is 0 Å². The molecule has 19 heavy (non-hydrogen) atoms. The largest absolute Gasteiger partial charge is 0.289 e. The van der Waals surface area contributed by atoms with Crippen molar-refractivity contribution in [2.24, 2.45) is 0 Å². The number of carbonyl (C=O) groups is 1. The Kier molecular flexibility index (Phi) is 3.41. The number of aromatic nitrogens is 1. The molecule has 0 atom stereocenters. The van der Waals surface area contributed by atoms with E-state index in [1.807, 2.05) is 30.3 Å². The smallest absolute Gasteiger partial charge is 0.186 e. The van der Waals surface area contributed by atoms with Crippen molar-refractivity contribution in [3.8, 4) is 0 Å². The van der Waals surface area contributed by atoms with Gasteiger partial charge in [-0.25, -0.2) is 0 Å². The molecule has 0 N–H and O–H groups in total. The van der Waals surface area contributed by atoms with Crippen LogP contribution in [0.4, 0.5) is 0 Å². The van der Waals surface area contributed by atoms with Gasteiger partial charge < -0.3 is 0 Å². The molecule has 0 radical (unpaired) electrons. The molecule has 96 valence electrons. The van der Waals surface area contributed by atoms with Gasteiger partial charge in [-0.05, 0) is 43.2 Å². The van der Waals surface area contributed by atoms with Crippen LogP contribution in [0.5, 0.6) is 0 Å². The van der Waals surface area contributed by atoms with E-state index in [-0.39, 0.29) is 5.78 Å². The summed E-state index contributed by atoms with van der Waals surface area (Å²) in [5.41, 5.74) is 2.07. The summed E-state index contributed by atoms with van der Waals surface area (Å²) in [6, 6.07) is 7.79. The summed E-state index contributed by atoms with van der Waals surface area (Å²) in [5, 5.41) is 2.02. The number of carbonyl (C=O) groups excluding carboxylic acids is 1. The molecule has 2 aromatic rings. The second-order valence-electron chi connectivity index (χ2n) is 5.13. The summed E-state index contributed by atoms with van der Waals surface area (Å²) in [5.74, 6) is 0.121. The lowest BCUT2D eigenvalue weighted by Gasteiger charge is -2.13. The van der Waals surface area contributed by atoms with Crippen LogP contribution in [0.25, 0.3) is 10.8 Å². The molecule has 0 bridgehead atoms. The van der Waals surface area contributed by atoms with E-state index in [1.54, 1.807) is 12.4 Å². The van der Waals surface area contributed by atoms with Gasteiger partial charge in [0.15, 0.2) is 5.78 Å². The Balaban J connectivity index is 1.97. The van der Waals surface area contributed by atoms with Gasteiger partial charge in [0.1, 0.15) is 0 Å². The zero-order valence-electron chi connectivity index (χ0n) is 10.9. The molecule has 1 fully saturated rings. The molecular formula is C17H17NO. The lowest BCUT2D eigenvalue weighted by molar-refractivity contribution is 0.104. The zero-order valence-corrected chi connectivity index (χ0v) is 10.9. The first-order valence-corrected chi connectivity index (χ1v) is 6.91. The molecule has 2 nitrogen and oxygen atoms in total. The van der Waals surface area contributed by atoms with Gasteiger partial charge >= 0.3 is 0 Å². The van der Waals surface area contributed by atoms with E-state index in [0.717, 1.165) is 29.2 Å². The lowest BCUT2D eigenvalue weighted by atomic mass is 9.92. The normalized spacial score (nSPS) is 15.5. The Hall–Kier alpha value is -1.96. The van der Waals surface area contributed by atoms with Crippen LogP contribution in [0.2, 0.25) is 0 Å². The van der Waals surface area contributed by atoms with Crippen molar-refractivity contribution >= 4 is 16.6 Å². The number of allylic oxidation sites excluding steroid dienone is 2. The van der Waals surface area contributed by atoms with Crippen LogP contribution in [0.15, 0.2) is 48.3 Å². The van der Waals surface area contributed by atoms with Crippen molar-refractivity contribution in [2.45, 2.75) is 32.1 Å². The summed E-state index contributed by atoms with van der Waals surface area (Å²) >= 11 is 0. The Morgan fingerprint density at radius 3 is 2.79 bits per heavy atom. The van der Waals surface area contributed by atoms with E-state index < -0.39 is 0 Å². The predicted molar refractivity (Wildman–Crippen MR) is 77.2 cm³/mol. The van der Waals surface area contributed by atoms with Crippen molar-refractivity contribution in [1.29, 1.82) is 0 Å². The highest BCUT2D eigenvalue weighted by atomic mass is 16.1. The van der Waals surface area contributed by atoms with Crippen molar-refractivity contribution in [1.82, 2.24) is 4.98 Å². The maximum atomic E-state index is 12.4. The lowest BCUT2D eigenvalue weighted by Crippen LogP contribution is -2.01. The van der Waals surface area contributed by atoms with Gasteiger partial charge in [-0.15, -0.1) is 0 Å². The number of benzene rings is 1. The fourth-order valence-electron chi connectivity index (χ4n) is 2.74. The Bertz CT molecular complexity index is 629. The van der Waals surface area contributed by atoms with Crippen LogP contribution in [0.3, 0.4) is 0 Å². The molecule has 1 aliphatic rings. The second kappa shape index (κ2) is 5.35. The number of pyridine rings is 1. The molecule has 0 spiro atoms. The van der Waals surface area contributed by atoms with Crippen LogP contribution in [0, 0.1) is 0 Å². The zero-order chi connectivity index (χ0) is 13.1. The SMILES string of the molecule is O=C(C=C1CCCCC1)c1cccc2ccncc12. The topological polar surface area (TPSA) is 30.0 Å². The van der Waals surface area contributed by atoms with Crippen LogP contribution in [0.1, 0.15) is 42.5 Å². The minimum atomic E-state index is 0.121. The third-order valence-corrected chi connectivity index (χ3v) is 3.78. The van der Waals surface area contributed by atoms with E-state index in [4.69, 9.17) is 0 Å².